The number of aromatic hydroxyl groups is 1. The van der Waals surface area contributed by atoms with Crippen LogP contribution in [0.5, 0.6) is 5.75 Å². The number of nitrogens with zero attached hydrogens (tertiary/aromatic N) is 1. The van der Waals surface area contributed by atoms with Gasteiger partial charge in [0.15, 0.2) is 11.5 Å². The number of fused-ring (bicyclic) bond motifs is 3. The number of carbonyl (C=O) groups is 1. The zero-order valence-corrected chi connectivity index (χ0v) is 19.7. The number of carbonyl (C=O) groups excluding carboxylic acids is 1. The summed E-state index contributed by atoms with van der Waals surface area (Å²) < 4.78 is 6.96. The van der Waals surface area contributed by atoms with Crippen molar-refractivity contribution in [3.05, 3.63) is 26.7 Å². The van der Waals surface area contributed by atoms with Gasteiger partial charge in [0.2, 0.25) is 5.36 Å². The summed E-state index contributed by atoms with van der Waals surface area (Å²) in [6.07, 6.45) is 3.75. The molecule has 6 nitrogen and oxygen atoms in total. The Bertz CT molecular complexity index is 1130. The van der Waals surface area contributed by atoms with Crippen LogP contribution >= 0.6 is 47.8 Å². The maximum Gasteiger partial charge on any atom is 0.214 e. The van der Waals surface area contributed by atoms with Gasteiger partial charge in [-0.05, 0) is 38.3 Å². The summed E-state index contributed by atoms with van der Waals surface area (Å²) in [6, 6.07) is 0. The van der Waals surface area contributed by atoms with Gasteiger partial charge in [-0.2, -0.15) is 0 Å². The molecule has 3 aliphatic heterocycles. The van der Waals surface area contributed by atoms with Crippen LogP contribution in [0.2, 0.25) is 0 Å². The number of allylic oxidation sites excluding steroid dienone is 2. The van der Waals surface area contributed by atoms with Crippen LogP contribution in [0.4, 0.5) is 11.4 Å². The number of ether oxygens (including phenoxy) is 1. The standard InChI is InChI=1S/C19H16Br3N3O3/c1-28-10-6-19(4-8(20)16(26)9(21)5-19)12-13-11-7(2-3-23-13)18(22)25-14(11)17(27)15(12)24-10/h4,9-10,24,27H,2-3,5-6H2,1H3/p+1. The van der Waals surface area contributed by atoms with Crippen LogP contribution in [0, 0.1) is 0 Å². The third kappa shape index (κ3) is 2.49. The topological polar surface area (TPSA) is 84.9 Å². The molecule has 1 aliphatic carbocycles. The molecule has 0 saturated heterocycles. The molecule has 3 heterocycles. The maximum absolute atomic E-state index is 12.4. The normalized spacial score (nSPS) is 30.3. The summed E-state index contributed by atoms with van der Waals surface area (Å²) in [4.78, 5) is 20.2. The molecule has 3 atom stereocenters. The van der Waals surface area contributed by atoms with Crippen LogP contribution < -0.4 is 20.9 Å². The summed E-state index contributed by atoms with van der Waals surface area (Å²) in [5.74, 6) is 0.156. The number of anilines is 1. The first-order valence-electron chi connectivity index (χ1n) is 9.00. The second-order valence-electron chi connectivity index (χ2n) is 7.51. The third-order valence-corrected chi connectivity index (χ3v) is 8.00. The molecular weight excluding hydrogens is 558 g/mol. The fourth-order valence-corrected chi connectivity index (χ4v) is 7.21. The van der Waals surface area contributed by atoms with Crippen LogP contribution in [-0.4, -0.2) is 40.2 Å². The summed E-state index contributed by atoms with van der Waals surface area (Å²) >= 11 is 10.6. The number of methoxy groups -OCH3 is 1. The number of alkyl halides is 1. The van der Waals surface area contributed by atoms with Gasteiger partial charge in [0.25, 0.3) is 0 Å². The lowest BCUT2D eigenvalue weighted by Crippen LogP contribution is -2.83. The van der Waals surface area contributed by atoms with E-state index in [9.17, 15) is 9.90 Å². The molecule has 0 saturated carbocycles. The van der Waals surface area contributed by atoms with Gasteiger partial charge in [-0.15, -0.1) is 0 Å². The number of benzene rings is 1. The molecule has 3 unspecified atom stereocenters. The van der Waals surface area contributed by atoms with Crippen molar-refractivity contribution in [1.82, 2.24) is 0 Å². The average Bonchev–Trinajstić information content (AvgIpc) is 3.01. The summed E-state index contributed by atoms with van der Waals surface area (Å²) in [6.45, 7) is 0.787. The van der Waals surface area contributed by atoms with E-state index in [1.165, 1.54) is 0 Å². The van der Waals surface area contributed by atoms with E-state index in [2.05, 4.69) is 63.1 Å². The van der Waals surface area contributed by atoms with E-state index in [1.54, 1.807) is 7.11 Å². The van der Waals surface area contributed by atoms with Crippen LogP contribution in [0.15, 0.2) is 15.6 Å². The number of Topliss-reactive ketones (excluding diaryl/α,β-unsaturated/α-hetero) is 1. The van der Waals surface area contributed by atoms with Crippen molar-refractivity contribution in [2.45, 2.75) is 35.7 Å². The highest BCUT2D eigenvalue weighted by atomic mass is 79.9. The SMILES string of the molecule is COC1CC2(C=C(Br)C(=O)C(Br)C2)c2c(c(O)c3c4c2=[NH+]CCC=4C(Br)=N3)N1. The van der Waals surface area contributed by atoms with Crippen molar-refractivity contribution >= 4 is 75.1 Å². The predicted octanol–water partition coefficient (Wildman–Crippen LogP) is 1.13. The lowest BCUT2D eigenvalue weighted by atomic mass is 9.67. The first kappa shape index (κ1) is 19.0. The van der Waals surface area contributed by atoms with Gasteiger partial charge in [0.1, 0.15) is 23.1 Å². The molecule has 0 bridgehead atoms. The van der Waals surface area contributed by atoms with Crippen LogP contribution in [0.1, 0.15) is 24.8 Å². The zero-order chi connectivity index (χ0) is 19.8. The molecule has 28 heavy (non-hydrogen) atoms. The van der Waals surface area contributed by atoms with E-state index in [0.717, 1.165) is 39.3 Å². The minimum Gasteiger partial charge on any atom is -0.504 e. The van der Waals surface area contributed by atoms with E-state index in [-0.39, 0.29) is 22.6 Å². The monoisotopic (exact) mass is 572 g/mol. The Balaban J connectivity index is 1.91. The first-order valence-corrected chi connectivity index (χ1v) is 11.5. The molecule has 9 heteroatoms. The van der Waals surface area contributed by atoms with Gasteiger partial charge in [-0.3, -0.25) is 4.79 Å². The van der Waals surface area contributed by atoms with Gasteiger partial charge < -0.3 is 15.2 Å². The molecule has 0 amide bonds. The number of hydrogen-bond donors (Lipinski definition) is 3. The molecule has 1 aromatic rings. The van der Waals surface area contributed by atoms with E-state index in [4.69, 9.17) is 4.74 Å². The molecule has 1 aromatic carbocycles. The fourth-order valence-electron chi connectivity index (χ4n) is 4.79. The van der Waals surface area contributed by atoms with Gasteiger partial charge in [-0.1, -0.05) is 22.0 Å². The molecule has 5 rings (SSSR count). The highest BCUT2D eigenvalue weighted by molar-refractivity contribution is 9.18. The minimum absolute atomic E-state index is 0.0324. The summed E-state index contributed by atoms with van der Waals surface area (Å²) in [5, 5.41) is 16.4. The second kappa shape index (κ2) is 6.48. The van der Waals surface area contributed by atoms with Crippen LogP contribution in [0.25, 0.3) is 5.57 Å². The van der Waals surface area contributed by atoms with Crippen molar-refractivity contribution in [3.8, 4) is 5.75 Å². The Morgan fingerprint density at radius 1 is 1.39 bits per heavy atom. The number of hydrogen-bond acceptors (Lipinski definition) is 5. The highest BCUT2D eigenvalue weighted by Gasteiger charge is 2.49. The minimum atomic E-state index is -0.478. The number of nitrogens with one attached hydrogen (secondary N) is 2. The van der Waals surface area contributed by atoms with E-state index >= 15 is 0 Å². The third-order valence-electron chi connectivity index (χ3n) is 5.99. The molecular formula is C19H17Br3N3O3+. The number of phenolic OH excluding ortho intramolecular Hbond substituents is 1. The lowest BCUT2D eigenvalue weighted by Gasteiger charge is -2.43. The Morgan fingerprint density at radius 3 is 2.89 bits per heavy atom. The van der Waals surface area contributed by atoms with Gasteiger partial charge in [0.05, 0.1) is 25.8 Å². The molecule has 0 fully saturated rings. The summed E-state index contributed by atoms with van der Waals surface area (Å²) in [5.41, 5.74) is 2.80. The number of phenols is 1. The lowest BCUT2D eigenvalue weighted by molar-refractivity contribution is -0.501. The van der Waals surface area contributed by atoms with Crippen molar-refractivity contribution < 1.29 is 19.6 Å². The van der Waals surface area contributed by atoms with Gasteiger partial charge in [0, 0.05) is 30.9 Å². The van der Waals surface area contributed by atoms with Crippen LogP contribution in [0.3, 0.4) is 0 Å². The molecule has 4 aliphatic rings. The van der Waals surface area contributed by atoms with E-state index in [1.807, 2.05) is 6.08 Å². The average molecular weight is 575 g/mol. The second-order valence-corrected chi connectivity index (χ2v) is 10.2. The molecule has 1 spiro atoms. The fraction of sp³-hybridized carbons (Fsp3) is 0.421. The largest absolute Gasteiger partial charge is 0.504 e. The Morgan fingerprint density at radius 2 is 2.18 bits per heavy atom. The number of rotatable bonds is 1. The van der Waals surface area contributed by atoms with Crippen molar-refractivity contribution in [2.24, 2.45) is 4.99 Å². The first-order chi connectivity index (χ1) is 13.4. The number of ketones is 1. The Hall–Kier alpha value is -1.03. The Kier molecular flexibility index (Phi) is 4.39. The van der Waals surface area contributed by atoms with Gasteiger partial charge in [-0.25, -0.2) is 9.98 Å². The van der Waals surface area contributed by atoms with Crippen molar-refractivity contribution in [1.29, 1.82) is 0 Å². The van der Waals surface area contributed by atoms with Crippen molar-refractivity contribution in [2.75, 3.05) is 19.0 Å². The highest BCUT2D eigenvalue weighted by Crippen LogP contribution is 2.51. The van der Waals surface area contributed by atoms with Crippen molar-refractivity contribution in [3.63, 3.8) is 0 Å². The number of aliphatic imine (C=N–C) groups is 1. The quantitative estimate of drug-likeness (QED) is 0.347. The smallest absolute Gasteiger partial charge is 0.214 e. The van der Waals surface area contributed by atoms with Crippen LogP contribution in [-0.2, 0) is 14.9 Å². The molecule has 3 N–H and O–H groups in total. The number of halogens is 3. The Labute approximate surface area is 186 Å². The predicted molar refractivity (Wildman–Crippen MR) is 116 cm³/mol. The van der Waals surface area contributed by atoms with E-state index < -0.39 is 5.41 Å². The zero-order valence-electron chi connectivity index (χ0n) is 14.9. The molecule has 0 aromatic heterocycles. The van der Waals surface area contributed by atoms with E-state index in [0.29, 0.717) is 28.7 Å². The maximum atomic E-state index is 12.4. The summed E-state index contributed by atoms with van der Waals surface area (Å²) in [7, 11) is 1.64. The molecule has 146 valence electrons. The van der Waals surface area contributed by atoms with Gasteiger partial charge >= 0.3 is 0 Å². The molecule has 0 radical (unpaired) electrons.